The van der Waals surface area contributed by atoms with Crippen molar-refractivity contribution in [2.75, 3.05) is 0 Å². The molecule has 1 N–H and O–H groups in total. The fraction of sp³-hybridized carbons (Fsp3) is 0.200. The second-order valence-corrected chi connectivity index (χ2v) is 3.76. The van der Waals surface area contributed by atoms with Crippen LogP contribution in [0.1, 0.15) is 6.92 Å². The summed E-state index contributed by atoms with van der Waals surface area (Å²) in [5, 5.41) is 9.16. The Morgan fingerprint density at radius 1 is 1.42 bits per heavy atom. The molecule has 0 amide bonds. The van der Waals surface area contributed by atoms with Crippen molar-refractivity contribution in [3.63, 3.8) is 0 Å². The number of aliphatic hydroxyl groups is 1. The van der Waals surface area contributed by atoms with Gasteiger partial charge in [-0.2, -0.15) is 0 Å². The van der Waals surface area contributed by atoms with Crippen molar-refractivity contribution in [1.82, 2.24) is 0 Å². The first-order valence-corrected chi connectivity index (χ1v) is 4.61. The minimum atomic E-state index is -0.449. The van der Waals surface area contributed by atoms with Crippen LogP contribution in [0.2, 0.25) is 0 Å². The topological polar surface area (TPSA) is 20.2 Å². The number of thioether (sulfide) groups is 1. The van der Waals surface area contributed by atoms with Crippen LogP contribution in [0.5, 0.6) is 0 Å². The lowest BCUT2D eigenvalue weighted by molar-refractivity contribution is 0.241. The zero-order valence-corrected chi connectivity index (χ0v) is 7.84. The summed E-state index contributed by atoms with van der Waals surface area (Å²) in [4.78, 5) is 1.89. The molecule has 0 saturated heterocycles. The molecular formula is C10H12OS. The molecule has 64 valence electrons. The van der Waals surface area contributed by atoms with E-state index in [1.807, 2.05) is 30.3 Å². The summed E-state index contributed by atoms with van der Waals surface area (Å²) >= 11 is 1.51. The van der Waals surface area contributed by atoms with Crippen LogP contribution < -0.4 is 0 Å². The summed E-state index contributed by atoms with van der Waals surface area (Å²) < 4.78 is 0. The van der Waals surface area contributed by atoms with Gasteiger partial charge in [0.2, 0.25) is 0 Å². The van der Waals surface area contributed by atoms with Crippen LogP contribution in [-0.4, -0.2) is 11.2 Å². The molecule has 1 aromatic carbocycles. The van der Waals surface area contributed by atoms with E-state index in [-0.39, 0.29) is 0 Å². The predicted molar refractivity (Wildman–Crippen MR) is 53.1 cm³/mol. The molecule has 0 radical (unpaired) electrons. The van der Waals surface area contributed by atoms with Crippen LogP contribution in [0.25, 0.3) is 0 Å². The molecule has 0 saturated carbocycles. The molecule has 0 fully saturated rings. The fourth-order valence-electron chi connectivity index (χ4n) is 0.725. The molecule has 0 bridgehead atoms. The van der Waals surface area contributed by atoms with Gasteiger partial charge < -0.3 is 5.11 Å². The molecule has 2 heteroatoms. The van der Waals surface area contributed by atoms with Gasteiger partial charge in [-0.15, -0.1) is 0 Å². The van der Waals surface area contributed by atoms with E-state index >= 15 is 0 Å². The number of benzene rings is 1. The van der Waals surface area contributed by atoms with Crippen LogP contribution in [0.3, 0.4) is 0 Å². The molecule has 1 nitrogen and oxygen atoms in total. The van der Waals surface area contributed by atoms with E-state index in [0.29, 0.717) is 0 Å². The Balaban J connectivity index is 2.59. The van der Waals surface area contributed by atoms with Gasteiger partial charge in [0.25, 0.3) is 0 Å². The highest BCUT2D eigenvalue weighted by atomic mass is 32.2. The smallest absolute Gasteiger partial charge is 0.0817 e. The first-order valence-electron chi connectivity index (χ1n) is 3.80. The van der Waals surface area contributed by atoms with Crippen molar-refractivity contribution in [3.05, 3.63) is 41.8 Å². The van der Waals surface area contributed by atoms with Crippen LogP contribution in [0, 0.1) is 0 Å². The molecule has 1 aromatic rings. The minimum Gasteiger partial charge on any atom is -0.388 e. The van der Waals surface area contributed by atoms with Crippen LogP contribution >= 0.6 is 11.8 Å². The summed E-state index contributed by atoms with van der Waals surface area (Å²) in [7, 11) is 0. The van der Waals surface area contributed by atoms with Crippen molar-refractivity contribution in [2.24, 2.45) is 0 Å². The highest BCUT2D eigenvalue weighted by Crippen LogP contribution is 2.26. The number of hydrogen-bond acceptors (Lipinski definition) is 2. The Morgan fingerprint density at radius 3 is 2.50 bits per heavy atom. The summed E-state index contributed by atoms with van der Waals surface area (Å²) in [5.74, 6) is 0. The molecule has 1 atom stereocenters. The lowest BCUT2D eigenvalue weighted by Crippen LogP contribution is -1.98. The molecule has 0 heterocycles. The number of aliphatic hydroxyl groups excluding tert-OH is 1. The van der Waals surface area contributed by atoms with Gasteiger partial charge in [0.05, 0.1) is 6.10 Å². The fourth-order valence-corrected chi connectivity index (χ4v) is 1.49. The summed E-state index contributed by atoms with van der Waals surface area (Å²) in [6.07, 6.45) is -0.449. The summed E-state index contributed by atoms with van der Waals surface area (Å²) in [5.41, 5.74) is 0. The van der Waals surface area contributed by atoms with E-state index in [0.717, 1.165) is 9.80 Å². The Bertz CT molecular complexity index is 254. The van der Waals surface area contributed by atoms with Gasteiger partial charge in [-0.05, 0) is 19.1 Å². The minimum absolute atomic E-state index is 0.449. The van der Waals surface area contributed by atoms with Gasteiger partial charge in [0, 0.05) is 9.80 Å². The molecular weight excluding hydrogens is 168 g/mol. The molecule has 0 aromatic heterocycles. The molecule has 0 aliphatic carbocycles. The van der Waals surface area contributed by atoms with Crippen molar-refractivity contribution >= 4 is 11.8 Å². The third-order valence-electron chi connectivity index (χ3n) is 1.46. The van der Waals surface area contributed by atoms with Gasteiger partial charge in [0.1, 0.15) is 0 Å². The average molecular weight is 180 g/mol. The Morgan fingerprint density at radius 2 is 2.00 bits per heavy atom. The molecule has 0 aliphatic rings. The Hall–Kier alpha value is -0.730. The highest BCUT2D eigenvalue weighted by molar-refractivity contribution is 8.03. The number of rotatable bonds is 3. The maximum absolute atomic E-state index is 9.16. The van der Waals surface area contributed by atoms with E-state index in [9.17, 15) is 0 Å². The zero-order valence-electron chi connectivity index (χ0n) is 7.03. The normalized spacial score (nSPS) is 12.5. The lowest BCUT2D eigenvalue weighted by atomic mass is 10.4. The first-order chi connectivity index (χ1) is 5.70. The zero-order chi connectivity index (χ0) is 8.97. The largest absolute Gasteiger partial charge is 0.388 e. The lowest BCUT2D eigenvalue weighted by Gasteiger charge is -2.06. The van der Waals surface area contributed by atoms with Gasteiger partial charge >= 0.3 is 0 Å². The third-order valence-corrected chi connectivity index (χ3v) is 2.57. The summed E-state index contributed by atoms with van der Waals surface area (Å²) in [6, 6.07) is 9.90. The van der Waals surface area contributed by atoms with Crippen LogP contribution in [0.15, 0.2) is 46.7 Å². The van der Waals surface area contributed by atoms with Crippen molar-refractivity contribution < 1.29 is 5.11 Å². The number of hydrogen-bond donors (Lipinski definition) is 1. The Labute approximate surface area is 77.1 Å². The maximum atomic E-state index is 9.16. The van der Waals surface area contributed by atoms with Gasteiger partial charge in [-0.25, -0.2) is 0 Å². The molecule has 0 aliphatic heterocycles. The standard InChI is InChI=1S/C10H12OS/c1-8(11)9(2)12-10-6-4-3-5-7-10/h3-8,11H,2H2,1H3. The van der Waals surface area contributed by atoms with E-state index in [2.05, 4.69) is 6.58 Å². The third kappa shape index (κ3) is 2.72. The van der Waals surface area contributed by atoms with Gasteiger partial charge in [-0.1, -0.05) is 36.5 Å². The van der Waals surface area contributed by atoms with Crippen molar-refractivity contribution in [3.8, 4) is 0 Å². The maximum Gasteiger partial charge on any atom is 0.0817 e. The first kappa shape index (κ1) is 9.36. The van der Waals surface area contributed by atoms with E-state index in [1.165, 1.54) is 11.8 Å². The Kier molecular flexibility index (Phi) is 3.38. The average Bonchev–Trinajstić information content (AvgIpc) is 2.06. The second kappa shape index (κ2) is 4.33. The van der Waals surface area contributed by atoms with Gasteiger partial charge in [-0.3, -0.25) is 0 Å². The molecule has 12 heavy (non-hydrogen) atoms. The van der Waals surface area contributed by atoms with E-state index in [4.69, 9.17) is 5.11 Å². The quantitative estimate of drug-likeness (QED) is 0.722. The molecule has 1 rings (SSSR count). The van der Waals surface area contributed by atoms with Crippen LogP contribution in [-0.2, 0) is 0 Å². The summed E-state index contributed by atoms with van der Waals surface area (Å²) in [6.45, 7) is 5.48. The van der Waals surface area contributed by atoms with Gasteiger partial charge in [0.15, 0.2) is 0 Å². The van der Waals surface area contributed by atoms with Crippen molar-refractivity contribution in [1.29, 1.82) is 0 Å². The van der Waals surface area contributed by atoms with E-state index < -0.39 is 6.10 Å². The molecule has 1 unspecified atom stereocenters. The predicted octanol–water partition coefficient (Wildman–Crippen LogP) is 2.67. The van der Waals surface area contributed by atoms with Crippen LogP contribution in [0.4, 0.5) is 0 Å². The van der Waals surface area contributed by atoms with Crippen molar-refractivity contribution in [2.45, 2.75) is 17.9 Å². The monoisotopic (exact) mass is 180 g/mol. The molecule has 0 spiro atoms. The van der Waals surface area contributed by atoms with E-state index in [1.54, 1.807) is 6.92 Å². The second-order valence-electron chi connectivity index (χ2n) is 2.56. The SMILES string of the molecule is C=C(Sc1ccccc1)C(C)O. The highest BCUT2D eigenvalue weighted by Gasteiger charge is 2.02.